The summed E-state index contributed by atoms with van der Waals surface area (Å²) in [4.78, 5) is 0. The molecule has 0 aromatic rings. The zero-order chi connectivity index (χ0) is 14.0. The van der Waals surface area contributed by atoms with E-state index in [0.29, 0.717) is 39.6 Å². The van der Waals surface area contributed by atoms with Gasteiger partial charge in [-0.25, -0.2) is 0 Å². The molecule has 0 aliphatic heterocycles. The minimum Gasteiger partial charge on any atom is -0.382 e. The molecule has 0 unspecified atom stereocenters. The zero-order valence-electron chi connectivity index (χ0n) is 12.2. The van der Waals surface area contributed by atoms with Crippen LogP contribution in [0.5, 0.6) is 0 Å². The van der Waals surface area contributed by atoms with Crippen LogP contribution in [0.3, 0.4) is 0 Å². The molecule has 0 saturated heterocycles. The van der Waals surface area contributed by atoms with E-state index in [1.165, 1.54) is 25.7 Å². The van der Waals surface area contributed by atoms with Gasteiger partial charge in [0.15, 0.2) is 0 Å². The van der Waals surface area contributed by atoms with Crippen LogP contribution in [0.2, 0.25) is 0 Å². The Morgan fingerprint density at radius 1 is 0.579 bits per heavy atom. The molecular weight excluding hydrogens is 312 g/mol. The van der Waals surface area contributed by atoms with Gasteiger partial charge in [0, 0.05) is 19.0 Å². The molecule has 116 valence electrons. The summed E-state index contributed by atoms with van der Waals surface area (Å²) in [6.45, 7) is 4.69. The summed E-state index contributed by atoms with van der Waals surface area (Å²) >= 11 is 3.44. The van der Waals surface area contributed by atoms with Gasteiger partial charge in [-0.15, -0.1) is 0 Å². The highest BCUT2D eigenvalue weighted by molar-refractivity contribution is 9.09. The van der Waals surface area contributed by atoms with Crippen LogP contribution in [0.15, 0.2) is 0 Å². The molecule has 0 aromatic carbocycles. The van der Waals surface area contributed by atoms with Gasteiger partial charge < -0.3 is 18.9 Å². The normalized spacial score (nSPS) is 11.1. The van der Waals surface area contributed by atoms with Crippen molar-refractivity contribution in [1.29, 1.82) is 0 Å². The molecular formula is C14H29BrO4. The predicted molar refractivity (Wildman–Crippen MR) is 81.2 cm³/mol. The van der Waals surface area contributed by atoms with Crippen molar-refractivity contribution in [3.63, 3.8) is 0 Å². The van der Waals surface area contributed by atoms with Crippen LogP contribution in [0, 0.1) is 0 Å². The molecule has 0 aromatic heterocycles. The second-order valence-corrected chi connectivity index (χ2v) is 5.08. The molecule has 0 radical (unpaired) electrons. The van der Waals surface area contributed by atoms with E-state index in [1.54, 1.807) is 7.11 Å². The van der Waals surface area contributed by atoms with E-state index in [9.17, 15) is 0 Å². The van der Waals surface area contributed by atoms with Crippen molar-refractivity contribution < 1.29 is 18.9 Å². The second-order valence-electron chi connectivity index (χ2n) is 4.29. The minimum atomic E-state index is 0.622. The molecule has 0 aliphatic rings. The number of rotatable bonds is 16. The minimum absolute atomic E-state index is 0.622. The highest BCUT2D eigenvalue weighted by Crippen LogP contribution is 2.04. The maximum Gasteiger partial charge on any atom is 0.0701 e. The van der Waals surface area contributed by atoms with Crippen molar-refractivity contribution in [2.75, 3.05) is 58.7 Å². The molecule has 0 bridgehead atoms. The number of alkyl halides is 1. The van der Waals surface area contributed by atoms with Crippen molar-refractivity contribution in [3.8, 4) is 0 Å². The summed E-state index contributed by atoms with van der Waals surface area (Å²) in [5.74, 6) is 0. The monoisotopic (exact) mass is 340 g/mol. The molecule has 0 fully saturated rings. The Labute approximate surface area is 126 Å². The fraction of sp³-hybridized carbons (Fsp3) is 1.00. The Bertz CT molecular complexity index is 142. The van der Waals surface area contributed by atoms with Crippen molar-refractivity contribution in [2.45, 2.75) is 32.1 Å². The summed E-state index contributed by atoms with van der Waals surface area (Å²) in [6, 6.07) is 0. The molecule has 0 heterocycles. The van der Waals surface area contributed by atoms with Gasteiger partial charge in [-0.1, -0.05) is 35.2 Å². The van der Waals surface area contributed by atoms with Crippen molar-refractivity contribution in [1.82, 2.24) is 0 Å². The van der Waals surface area contributed by atoms with Crippen LogP contribution >= 0.6 is 15.9 Å². The van der Waals surface area contributed by atoms with Crippen molar-refractivity contribution >= 4 is 15.9 Å². The van der Waals surface area contributed by atoms with Crippen molar-refractivity contribution in [3.05, 3.63) is 0 Å². The van der Waals surface area contributed by atoms with Crippen LogP contribution in [0.1, 0.15) is 32.1 Å². The summed E-state index contributed by atoms with van der Waals surface area (Å²) in [7, 11) is 1.67. The first-order valence-corrected chi connectivity index (χ1v) is 8.32. The van der Waals surface area contributed by atoms with E-state index in [2.05, 4.69) is 15.9 Å². The Morgan fingerprint density at radius 2 is 1.05 bits per heavy atom. The fourth-order valence-electron chi connectivity index (χ4n) is 1.51. The van der Waals surface area contributed by atoms with Gasteiger partial charge in [-0.05, 0) is 12.8 Å². The third kappa shape index (κ3) is 18.3. The number of unbranched alkanes of at least 4 members (excludes halogenated alkanes) is 4. The van der Waals surface area contributed by atoms with Gasteiger partial charge in [0.1, 0.15) is 0 Å². The Morgan fingerprint density at radius 3 is 1.63 bits per heavy atom. The molecule has 0 amide bonds. The van der Waals surface area contributed by atoms with Crippen LogP contribution in [0.25, 0.3) is 0 Å². The third-order valence-electron chi connectivity index (χ3n) is 2.60. The molecule has 0 rings (SSSR count). The molecule has 19 heavy (non-hydrogen) atoms. The van der Waals surface area contributed by atoms with Gasteiger partial charge in [0.05, 0.1) is 39.6 Å². The van der Waals surface area contributed by atoms with Crippen LogP contribution in [0.4, 0.5) is 0 Å². The summed E-state index contributed by atoms with van der Waals surface area (Å²) in [5, 5.41) is 1.12. The molecule has 5 heteroatoms. The standard InChI is InChI=1S/C14H29BrO4/c1-16-9-10-18-13-14-19-12-11-17-8-6-4-2-3-5-7-15/h2-14H2,1H3. The predicted octanol–water partition coefficient (Wildman–Crippen LogP) is 3.03. The first kappa shape index (κ1) is 19.3. The largest absolute Gasteiger partial charge is 0.382 e. The van der Waals surface area contributed by atoms with E-state index < -0.39 is 0 Å². The van der Waals surface area contributed by atoms with Crippen LogP contribution in [-0.2, 0) is 18.9 Å². The Kier molecular flexibility index (Phi) is 18.6. The van der Waals surface area contributed by atoms with Gasteiger partial charge >= 0.3 is 0 Å². The molecule has 0 saturated carbocycles. The average Bonchev–Trinajstić information content (AvgIpc) is 2.43. The van der Waals surface area contributed by atoms with Gasteiger partial charge in [-0.3, -0.25) is 0 Å². The number of methoxy groups -OCH3 is 1. The zero-order valence-corrected chi connectivity index (χ0v) is 13.8. The maximum atomic E-state index is 5.49. The number of hydrogen-bond acceptors (Lipinski definition) is 4. The maximum absolute atomic E-state index is 5.49. The summed E-state index contributed by atoms with van der Waals surface area (Å²) in [6.07, 6.45) is 6.33. The quantitative estimate of drug-likeness (QED) is 0.319. The fourth-order valence-corrected chi connectivity index (χ4v) is 1.91. The molecule has 4 nitrogen and oxygen atoms in total. The summed E-state index contributed by atoms with van der Waals surface area (Å²) < 4.78 is 21.0. The van der Waals surface area contributed by atoms with E-state index in [-0.39, 0.29) is 0 Å². The first-order valence-electron chi connectivity index (χ1n) is 7.20. The Hall–Kier alpha value is 0.320. The number of halogens is 1. The van der Waals surface area contributed by atoms with Crippen molar-refractivity contribution in [2.24, 2.45) is 0 Å². The Balaban J connectivity index is 2.88. The lowest BCUT2D eigenvalue weighted by atomic mass is 10.2. The number of hydrogen-bond donors (Lipinski definition) is 0. The lowest BCUT2D eigenvalue weighted by Crippen LogP contribution is -2.11. The molecule has 0 spiro atoms. The third-order valence-corrected chi connectivity index (χ3v) is 3.16. The van der Waals surface area contributed by atoms with Crippen LogP contribution in [-0.4, -0.2) is 58.7 Å². The van der Waals surface area contributed by atoms with E-state index in [4.69, 9.17) is 18.9 Å². The lowest BCUT2D eigenvalue weighted by molar-refractivity contribution is 0.00323. The first-order chi connectivity index (χ1) is 9.41. The SMILES string of the molecule is COCCOCCOCCOCCCCCCCBr. The second kappa shape index (κ2) is 18.3. The highest BCUT2D eigenvalue weighted by atomic mass is 79.9. The molecule has 0 N–H and O–H groups in total. The highest BCUT2D eigenvalue weighted by Gasteiger charge is 1.93. The van der Waals surface area contributed by atoms with Gasteiger partial charge in [0.2, 0.25) is 0 Å². The molecule has 0 atom stereocenters. The van der Waals surface area contributed by atoms with E-state index in [0.717, 1.165) is 18.4 Å². The van der Waals surface area contributed by atoms with E-state index in [1.807, 2.05) is 0 Å². The van der Waals surface area contributed by atoms with E-state index >= 15 is 0 Å². The molecule has 0 aliphatic carbocycles. The van der Waals surface area contributed by atoms with Gasteiger partial charge in [-0.2, -0.15) is 0 Å². The van der Waals surface area contributed by atoms with Gasteiger partial charge in [0.25, 0.3) is 0 Å². The summed E-state index contributed by atoms with van der Waals surface area (Å²) in [5.41, 5.74) is 0. The smallest absolute Gasteiger partial charge is 0.0701 e. The number of ether oxygens (including phenoxy) is 4. The topological polar surface area (TPSA) is 36.9 Å². The average molecular weight is 341 g/mol. The van der Waals surface area contributed by atoms with Crippen LogP contribution < -0.4 is 0 Å². The lowest BCUT2D eigenvalue weighted by Gasteiger charge is -2.06.